The molecule has 0 aliphatic carbocycles. The van der Waals surface area contributed by atoms with Gasteiger partial charge in [-0.1, -0.05) is 0 Å². The maximum Gasteiger partial charge on any atom is 2.00 e. The van der Waals surface area contributed by atoms with Crippen LogP contribution in [0.3, 0.4) is 0 Å². The van der Waals surface area contributed by atoms with Crippen molar-refractivity contribution in [1.82, 2.24) is 20.3 Å². The third-order valence-electron chi connectivity index (χ3n) is 1.35. The van der Waals surface area contributed by atoms with Crippen LogP contribution in [-0.2, 0) is 17.1 Å². The van der Waals surface area contributed by atoms with Crippen LogP contribution in [-0.4, -0.2) is 40.3 Å². The van der Waals surface area contributed by atoms with Gasteiger partial charge in [0.1, 0.15) is 5.69 Å². The van der Waals surface area contributed by atoms with Crippen molar-refractivity contribution < 1.29 is 17.1 Å². The summed E-state index contributed by atoms with van der Waals surface area (Å²) in [7, 11) is 3.68. The Balaban J connectivity index is 0.00000196. The molecule has 0 fully saturated rings. The molecular formula is C8H11CuN5S+2. The maximum absolute atomic E-state index is 4.96. The Morgan fingerprint density at radius 1 is 1.53 bits per heavy atom. The molecule has 1 heterocycles. The van der Waals surface area contributed by atoms with E-state index in [1.165, 1.54) is 0 Å². The molecule has 0 unspecified atom stereocenters. The molecule has 0 amide bonds. The first-order chi connectivity index (χ1) is 6.70. The van der Waals surface area contributed by atoms with Crippen molar-refractivity contribution >= 4 is 23.5 Å². The first-order valence-corrected chi connectivity index (χ1v) is 4.37. The van der Waals surface area contributed by atoms with E-state index >= 15 is 0 Å². The Hall–Kier alpha value is -1.04. The Morgan fingerprint density at radius 3 is 2.80 bits per heavy atom. The Labute approximate surface area is 104 Å². The minimum atomic E-state index is 0. The molecule has 1 aromatic heterocycles. The van der Waals surface area contributed by atoms with Crippen LogP contribution in [0, 0.1) is 0 Å². The van der Waals surface area contributed by atoms with Crippen LogP contribution in [0.2, 0.25) is 0 Å². The molecule has 0 bridgehead atoms. The van der Waals surface area contributed by atoms with Gasteiger partial charge in [-0.25, -0.2) is 0 Å². The number of hydrogen-bond acceptors (Lipinski definition) is 4. The van der Waals surface area contributed by atoms with Crippen LogP contribution >= 0.6 is 12.2 Å². The van der Waals surface area contributed by atoms with Crippen molar-refractivity contribution in [2.24, 2.45) is 5.10 Å². The molecule has 0 aliphatic heterocycles. The summed E-state index contributed by atoms with van der Waals surface area (Å²) in [5.41, 5.74) is 3.37. The van der Waals surface area contributed by atoms with E-state index in [2.05, 4.69) is 20.5 Å². The number of rotatable bonds is 2. The van der Waals surface area contributed by atoms with Gasteiger partial charge in [-0.3, -0.25) is 15.4 Å². The van der Waals surface area contributed by atoms with E-state index in [9.17, 15) is 0 Å². The van der Waals surface area contributed by atoms with Crippen molar-refractivity contribution in [2.75, 3.05) is 14.1 Å². The first-order valence-electron chi connectivity index (χ1n) is 3.96. The molecule has 0 aliphatic rings. The van der Waals surface area contributed by atoms with E-state index in [0.29, 0.717) is 10.8 Å². The van der Waals surface area contributed by atoms with Crippen LogP contribution in [0.5, 0.6) is 0 Å². The second-order valence-corrected chi connectivity index (χ2v) is 3.09. The van der Waals surface area contributed by atoms with Gasteiger partial charge in [-0.05, 0) is 12.2 Å². The zero-order valence-electron chi connectivity index (χ0n) is 8.31. The van der Waals surface area contributed by atoms with Crippen LogP contribution < -0.4 is 5.43 Å². The number of aromatic nitrogens is 2. The minimum Gasteiger partial charge on any atom is -0.354 e. The van der Waals surface area contributed by atoms with Gasteiger partial charge in [0.25, 0.3) is 0 Å². The predicted molar refractivity (Wildman–Crippen MR) is 59.0 cm³/mol. The molecule has 0 saturated carbocycles. The maximum atomic E-state index is 4.96. The van der Waals surface area contributed by atoms with Gasteiger partial charge in [-0.15, -0.1) is 0 Å². The molecule has 0 atom stereocenters. The van der Waals surface area contributed by atoms with Gasteiger partial charge in [0.15, 0.2) is 5.11 Å². The van der Waals surface area contributed by atoms with Crippen molar-refractivity contribution in [3.8, 4) is 0 Å². The van der Waals surface area contributed by atoms with E-state index in [-0.39, 0.29) is 17.1 Å². The number of nitrogens with one attached hydrogen (secondary N) is 1. The summed E-state index contributed by atoms with van der Waals surface area (Å²) in [4.78, 5) is 9.66. The fourth-order valence-corrected chi connectivity index (χ4v) is 0.684. The largest absolute Gasteiger partial charge is 2.00 e. The van der Waals surface area contributed by atoms with Gasteiger partial charge in [0, 0.05) is 26.5 Å². The predicted octanol–water partition coefficient (Wildman–Crippen LogP) is 0.244. The number of hydrogen-bond donors (Lipinski definition) is 1. The summed E-state index contributed by atoms with van der Waals surface area (Å²) in [6, 6.07) is 0. The van der Waals surface area contributed by atoms with Gasteiger partial charge in [0.05, 0.1) is 12.4 Å². The molecule has 5 nitrogen and oxygen atoms in total. The van der Waals surface area contributed by atoms with Gasteiger partial charge < -0.3 is 4.90 Å². The molecular weight excluding hydrogens is 262 g/mol. The molecule has 0 saturated heterocycles. The molecule has 0 aromatic carbocycles. The number of thiocarbonyl (C=S) groups is 1. The van der Waals surface area contributed by atoms with Gasteiger partial charge in [0.2, 0.25) is 0 Å². The SMILES string of the molecule is CN(C)C(=S)NN=Cc1cnccn1.[Cu+2]. The Kier molecular flexibility index (Phi) is 6.77. The number of nitrogens with zero attached hydrogens (tertiary/aromatic N) is 4. The fraction of sp³-hybridized carbons (Fsp3) is 0.250. The van der Waals surface area contributed by atoms with E-state index in [0.717, 1.165) is 0 Å². The third-order valence-corrected chi connectivity index (χ3v) is 1.80. The molecule has 7 heteroatoms. The van der Waals surface area contributed by atoms with E-state index in [1.807, 2.05) is 14.1 Å². The van der Waals surface area contributed by atoms with Crippen molar-refractivity contribution in [3.05, 3.63) is 24.3 Å². The Morgan fingerprint density at radius 2 is 2.27 bits per heavy atom. The van der Waals surface area contributed by atoms with Crippen LogP contribution in [0.4, 0.5) is 0 Å². The average molecular weight is 273 g/mol. The monoisotopic (exact) mass is 272 g/mol. The smallest absolute Gasteiger partial charge is 0.354 e. The van der Waals surface area contributed by atoms with Crippen LogP contribution in [0.1, 0.15) is 5.69 Å². The summed E-state index contributed by atoms with van der Waals surface area (Å²) in [6.45, 7) is 0. The molecule has 0 spiro atoms. The molecule has 1 rings (SSSR count). The van der Waals surface area contributed by atoms with Gasteiger partial charge >= 0.3 is 17.1 Å². The van der Waals surface area contributed by atoms with Crippen LogP contribution in [0.15, 0.2) is 23.7 Å². The summed E-state index contributed by atoms with van der Waals surface area (Å²) in [5.74, 6) is 0. The third kappa shape index (κ3) is 5.41. The summed E-state index contributed by atoms with van der Waals surface area (Å²) < 4.78 is 0. The molecule has 1 radical (unpaired) electrons. The molecule has 1 aromatic rings. The second-order valence-electron chi connectivity index (χ2n) is 2.70. The standard InChI is InChI=1S/C8H11N5S.Cu/c1-13(2)8(14)12-11-6-7-5-9-3-4-10-7;/h3-6H,1-2H3,(H,12,14);/q;+2. The zero-order valence-corrected chi connectivity index (χ0v) is 10.1. The normalized spacial score (nSPS) is 9.47. The molecule has 83 valence electrons. The number of hydrazone groups is 1. The molecule has 1 N–H and O–H groups in total. The second kappa shape index (κ2) is 7.28. The van der Waals surface area contributed by atoms with E-state index in [4.69, 9.17) is 12.2 Å². The first kappa shape index (κ1) is 14.0. The van der Waals surface area contributed by atoms with Crippen molar-refractivity contribution in [1.29, 1.82) is 0 Å². The van der Waals surface area contributed by atoms with Gasteiger partial charge in [-0.2, -0.15) is 5.10 Å². The quantitative estimate of drug-likeness (QED) is 0.362. The van der Waals surface area contributed by atoms with Crippen LogP contribution in [0.25, 0.3) is 0 Å². The topological polar surface area (TPSA) is 53.4 Å². The summed E-state index contributed by atoms with van der Waals surface area (Å²) in [5, 5.41) is 4.45. The summed E-state index contributed by atoms with van der Waals surface area (Å²) in [6.07, 6.45) is 6.38. The molecule has 15 heavy (non-hydrogen) atoms. The van der Waals surface area contributed by atoms with Crippen molar-refractivity contribution in [2.45, 2.75) is 0 Å². The van der Waals surface area contributed by atoms with E-state index < -0.39 is 0 Å². The average Bonchev–Trinajstić information content (AvgIpc) is 2.19. The zero-order chi connectivity index (χ0) is 10.4. The fourth-order valence-electron chi connectivity index (χ4n) is 0.631. The Bertz CT molecular complexity index is 327. The van der Waals surface area contributed by atoms with E-state index in [1.54, 1.807) is 29.7 Å². The summed E-state index contributed by atoms with van der Waals surface area (Å²) >= 11 is 4.96. The minimum absolute atomic E-state index is 0. The van der Waals surface area contributed by atoms with Crippen molar-refractivity contribution in [3.63, 3.8) is 0 Å².